The van der Waals surface area contributed by atoms with Crippen molar-refractivity contribution < 1.29 is 4.79 Å². The molecule has 0 bridgehead atoms. The minimum atomic E-state index is 0. The molecule has 0 radical (unpaired) electrons. The standard InChI is InChI=1S/C15H28N2O.ClH/c1-15(2,3)13-5-8-17(9-6-13)14(18)10-12-4-7-16-11-12;/h12-13,16H,4-11H2,1-3H3;1H. The molecule has 0 aliphatic carbocycles. The molecule has 112 valence electrons. The van der Waals surface area contributed by atoms with Crippen molar-refractivity contribution in [3.8, 4) is 0 Å². The molecule has 1 atom stereocenters. The Morgan fingerprint density at radius 2 is 1.84 bits per heavy atom. The molecule has 2 saturated heterocycles. The average molecular weight is 289 g/mol. The Hall–Kier alpha value is -0.280. The van der Waals surface area contributed by atoms with E-state index >= 15 is 0 Å². The van der Waals surface area contributed by atoms with E-state index in [-0.39, 0.29) is 12.4 Å². The van der Waals surface area contributed by atoms with Crippen LogP contribution in [0.15, 0.2) is 0 Å². The van der Waals surface area contributed by atoms with Crippen molar-refractivity contribution >= 4 is 18.3 Å². The van der Waals surface area contributed by atoms with Crippen LogP contribution in [0.1, 0.15) is 46.5 Å². The molecule has 2 heterocycles. The van der Waals surface area contributed by atoms with E-state index < -0.39 is 0 Å². The van der Waals surface area contributed by atoms with Gasteiger partial charge in [0.1, 0.15) is 0 Å². The van der Waals surface area contributed by atoms with E-state index in [0.717, 1.165) is 38.5 Å². The highest BCUT2D eigenvalue weighted by Crippen LogP contribution is 2.34. The van der Waals surface area contributed by atoms with Gasteiger partial charge in [-0.15, -0.1) is 12.4 Å². The highest BCUT2D eigenvalue weighted by molar-refractivity contribution is 5.85. The summed E-state index contributed by atoms with van der Waals surface area (Å²) < 4.78 is 0. The van der Waals surface area contributed by atoms with Crippen LogP contribution in [0.3, 0.4) is 0 Å². The number of carbonyl (C=O) groups is 1. The quantitative estimate of drug-likeness (QED) is 0.847. The van der Waals surface area contributed by atoms with Gasteiger partial charge in [-0.1, -0.05) is 20.8 Å². The maximum absolute atomic E-state index is 12.2. The molecule has 3 nitrogen and oxygen atoms in total. The number of nitrogens with zero attached hydrogens (tertiary/aromatic N) is 1. The van der Waals surface area contributed by atoms with E-state index in [1.54, 1.807) is 0 Å². The third kappa shape index (κ3) is 4.64. The van der Waals surface area contributed by atoms with Crippen molar-refractivity contribution in [3.63, 3.8) is 0 Å². The van der Waals surface area contributed by atoms with Gasteiger partial charge >= 0.3 is 0 Å². The molecule has 2 aliphatic rings. The minimum Gasteiger partial charge on any atom is -0.343 e. The first-order valence-corrected chi connectivity index (χ1v) is 7.45. The van der Waals surface area contributed by atoms with Crippen LogP contribution in [0, 0.1) is 17.3 Å². The van der Waals surface area contributed by atoms with Crippen LogP contribution in [0.4, 0.5) is 0 Å². The molecular formula is C15H29ClN2O. The molecule has 2 rings (SSSR count). The Balaban J connectivity index is 0.00000180. The minimum absolute atomic E-state index is 0. The van der Waals surface area contributed by atoms with Crippen LogP contribution in [0.2, 0.25) is 0 Å². The smallest absolute Gasteiger partial charge is 0.222 e. The topological polar surface area (TPSA) is 32.3 Å². The second-order valence-corrected chi connectivity index (χ2v) is 7.08. The van der Waals surface area contributed by atoms with Crippen LogP contribution < -0.4 is 5.32 Å². The lowest BCUT2D eigenvalue weighted by Crippen LogP contribution is -2.42. The highest BCUT2D eigenvalue weighted by Gasteiger charge is 2.31. The number of amides is 1. The fourth-order valence-electron chi connectivity index (χ4n) is 3.26. The summed E-state index contributed by atoms with van der Waals surface area (Å²) >= 11 is 0. The fourth-order valence-corrected chi connectivity index (χ4v) is 3.26. The summed E-state index contributed by atoms with van der Waals surface area (Å²) in [5, 5.41) is 3.34. The van der Waals surface area contributed by atoms with Crippen molar-refractivity contribution in [2.75, 3.05) is 26.2 Å². The maximum Gasteiger partial charge on any atom is 0.222 e. The molecular weight excluding hydrogens is 260 g/mol. The number of likely N-dealkylation sites (tertiary alicyclic amines) is 1. The molecule has 1 N–H and O–H groups in total. The summed E-state index contributed by atoms with van der Waals surface area (Å²) in [7, 11) is 0. The van der Waals surface area contributed by atoms with Crippen LogP contribution in [-0.2, 0) is 4.79 Å². The summed E-state index contributed by atoms with van der Waals surface area (Å²) in [4.78, 5) is 14.3. The Labute approximate surface area is 123 Å². The normalized spacial score (nSPS) is 25.2. The van der Waals surface area contributed by atoms with Crippen LogP contribution in [0.5, 0.6) is 0 Å². The second-order valence-electron chi connectivity index (χ2n) is 7.08. The molecule has 4 heteroatoms. The Morgan fingerprint density at radius 3 is 2.32 bits per heavy atom. The van der Waals surface area contributed by atoms with Crippen molar-refractivity contribution in [2.24, 2.45) is 17.3 Å². The summed E-state index contributed by atoms with van der Waals surface area (Å²) in [6.45, 7) is 11.0. The largest absolute Gasteiger partial charge is 0.343 e. The molecule has 0 spiro atoms. The summed E-state index contributed by atoms with van der Waals surface area (Å²) in [6, 6.07) is 0. The van der Waals surface area contributed by atoms with Crippen LogP contribution in [0.25, 0.3) is 0 Å². The average Bonchev–Trinajstić information content (AvgIpc) is 2.81. The summed E-state index contributed by atoms with van der Waals surface area (Å²) in [5.74, 6) is 1.74. The van der Waals surface area contributed by atoms with E-state index in [1.165, 1.54) is 19.3 Å². The van der Waals surface area contributed by atoms with E-state index in [4.69, 9.17) is 0 Å². The molecule has 19 heavy (non-hydrogen) atoms. The van der Waals surface area contributed by atoms with Crippen LogP contribution in [-0.4, -0.2) is 37.0 Å². The third-order valence-electron chi connectivity index (χ3n) is 4.70. The van der Waals surface area contributed by atoms with Crippen molar-refractivity contribution in [1.82, 2.24) is 10.2 Å². The summed E-state index contributed by atoms with van der Waals surface area (Å²) in [5.41, 5.74) is 0.393. The zero-order valence-corrected chi connectivity index (χ0v) is 13.4. The first kappa shape index (κ1) is 16.8. The number of hydrogen-bond donors (Lipinski definition) is 1. The molecule has 2 aliphatic heterocycles. The van der Waals surface area contributed by atoms with Gasteiger partial charge in [0, 0.05) is 19.5 Å². The van der Waals surface area contributed by atoms with Gasteiger partial charge < -0.3 is 10.2 Å². The Morgan fingerprint density at radius 1 is 1.21 bits per heavy atom. The lowest BCUT2D eigenvalue weighted by molar-refractivity contribution is -0.134. The molecule has 0 saturated carbocycles. The number of piperidine rings is 1. The molecule has 1 amide bonds. The van der Waals surface area contributed by atoms with Gasteiger partial charge in [0.05, 0.1) is 0 Å². The summed E-state index contributed by atoms with van der Waals surface area (Å²) in [6.07, 6.45) is 4.29. The Kier molecular flexibility index (Phi) is 6.13. The predicted octanol–water partition coefficient (Wildman–Crippen LogP) is 2.69. The van der Waals surface area contributed by atoms with E-state index in [1.807, 2.05) is 0 Å². The van der Waals surface area contributed by atoms with Gasteiger partial charge in [0.2, 0.25) is 5.91 Å². The van der Waals surface area contributed by atoms with Gasteiger partial charge in [-0.3, -0.25) is 4.79 Å². The number of hydrogen-bond acceptors (Lipinski definition) is 2. The SMILES string of the molecule is CC(C)(C)C1CCN(C(=O)CC2CCNC2)CC1.Cl. The Bertz CT molecular complexity index is 287. The van der Waals surface area contributed by atoms with Gasteiger partial charge in [0.25, 0.3) is 0 Å². The number of rotatable bonds is 2. The fraction of sp³-hybridized carbons (Fsp3) is 0.933. The lowest BCUT2D eigenvalue weighted by Gasteiger charge is -2.39. The van der Waals surface area contributed by atoms with Gasteiger partial charge in [-0.05, 0) is 49.6 Å². The van der Waals surface area contributed by atoms with Gasteiger partial charge in [0.15, 0.2) is 0 Å². The zero-order valence-electron chi connectivity index (χ0n) is 12.6. The zero-order chi connectivity index (χ0) is 13.2. The number of carbonyl (C=O) groups excluding carboxylic acids is 1. The van der Waals surface area contributed by atoms with Crippen molar-refractivity contribution in [3.05, 3.63) is 0 Å². The van der Waals surface area contributed by atoms with Crippen molar-refractivity contribution in [1.29, 1.82) is 0 Å². The lowest BCUT2D eigenvalue weighted by atomic mass is 9.75. The predicted molar refractivity (Wildman–Crippen MR) is 81.6 cm³/mol. The second kappa shape index (κ2) is 6.94. The van der Waals surface area contributed by atoms with Crippen molar-refractivity contribution in [2.45, 2.75) is 46.5 Å². The monoisotopic (exact) mass is 288 g/mol. The van der Waals surface area contributed by atoms with Crippen LogP contribution >= 0.6 is 12.4 Å². The van der Waals surface area contributed by atoms with E-state index in [9.17, 15) is 4.79 Å². The molecule has 1 unspecified atom stereocenters. The number of nitrogens with one attached hydrogen (secondary N) is 1. The van der Waals surface area contributed by atoms with Gasteiger partial charge in [-0.2, -0.15) is 0 Å². The maximum atomic E-state index is 12.2. The van der Waals surface area contributed by atoms with E-state index in [0.29, 0.717) is 17.2 Å². The molecule has 2 fully saturated rings. The molecule has 0 aromatic rings. The first-order valence-electron chi connectivity index (χ1n) is 7.45. The molecule has 0 aromatic heterocycles. The third-order valence-corrected chi connectivity index (χ3v) is 4.70. The first-order chi connectivity index (χ1) is 8.47. The number of halogens is 1. The van der Waals surface area contributed by atoms with Gasteiger partial charge in [-0.25, -0.2) is 0 Å². The van der Waals surface area contributed by atoms with E-state index in [2.05, 4.69) is 31.0 Å². The molecule has 0 aromatic carbocycles. The highest BCUT2D eigenvalue weighted by atomic mass is 35.5.